The Bertz CT molecular complexity index is 1230. The van der Waals surface area contributed by atoms with Gasteiger partial charge in [0.25, 0.3) is 0 Å². The SMILES string of the molecule is CCc1ccc(NC(=O)C2CCN(S(=O)(=O)c3ccc4c(c3)C[C@@H](C)N4C(=O)C3CC3)CC2)cc1. The lowest BCUT2D eigenvalue weighted by molar-refractivity contribution is -0.121. The van der Waals surface area contributed by atoms with Crippen molar-refractivity contribution in [1.82, 2.24) is 4.31 Å². The van der Waals surface area contributed by atoms with Crippen LogP contribution in [0.15, 0.2) is 47.4 Å². The zero-order valence-corrected chi connectivity index (χ0v) is 21.2. The molecule has 1 saturated carbocycles. The summed E-state index contributed by atoms with van der Waals surface area (Å²) in [5.41, 5.74) is 3.74. The van der Waals surface area contributed by atoms with Gasteiger partial charge in [-0.3, -0.25) is 9.59 Å². The summed E-state index contributed by atoms with van der Waals surface area (Å²) in [5.74, 6) is 0.0166. The number of piperidine rings is 1. The first-order valence-corrected chi connectivity index (χ1v) is 14.1. The van der Waals surface area contributed by atoms with Crippen molar-refractivity contribution in [2.24, 2.45) is 11.8 Å². The predicted molar refractivity (Wildman–Crippen MR) is 136 cm³/mol. The van der Waals surface area contributed by atoms with Crippen LogP contribution in [0.2, 0.25) is 0 Å². The molecule has 5 rings (SSSR count). The van der Waals surface area contributed by atoms with Crippen molar-refractivity contribution in [2.75, 3.05) is 23.3 Å². The highest BCUT2D eigenvalue weighted by molar-refractivity contribution is 7.89. The molecule has 1 saturated heterocycles. The van der Waals surface area contributed by atoms with E-state index in [-0.39, 0.29) is 34.6 Å². The van der Waals surface area contributed by atoms with Crippen LogP contribution in [0.3, 0.4) is 0 Å². The second-order valence-electron chi connectivity index (χ2n) is 10.0. The minimum atomic E-state index is -3.66. The van der Waals surface area contributed by atoms with Gasteiger partial charge in [0.05, 0.1) is 4.90 Å². The number of anilines is 2. The molecule has 3 aliphatic rings. The maximum atomic E-state index is 13.4. The van der Waals surface area contributed by atoms with Gasteiger partial charge in [0.1, 0.15) is 0 Å². The van der Waals surface area contributed by atoms with Crippen molar-refractivity contribution in [2.45, 2.75) is 63.3 Å². The Balaban J connectivity index is 1.23. The first-order valence-electron chi connectivity index (χ1n) is 12.6. The number of carbonyl (C=O) groups is 2. The van der Waals surface area contributed by atoms with Crippen LogP contribution in [0.25, 0.3) is 0 Å². The molecule has 0 bridgehead atoms. The van der Waals surface area contributed by atoms with E-state index in [1.165, 1.54) is 9.87 Å². The molecule has 0 radical (unpaired) electrons. The number of fused-ring (bicyclic) bond motifs is 1. The van der Waals surface area contributed by atoms with E-state index in [1.54, 1.807) is 18.2 Å². The average Bonchev–Trinajstić information content (AvgIpc) is 3.66. The number of hydrogen-bond donors (Lipinski definition) is 1. The smallest absolute Gasteiger partial charge is 0.243 e. The van der Waals surface area contributed by atoms with Gasteiger partial charge in [-0.25, -0.2) is 8.42 Å². The maximum absolute atomic E-state index is 13.4. The molecule has 0 spiro atoms. The van der Waals surface area contributed by atoms with E-state index in [9.17, 15) is 18.0 Å². The molecule has 1 aliphatic carbocycles. The van der Waals surface area contributed by atoms with Gasteiger partial charge in [-0.2, -0.15) is 4.31 Å². The van der Waals surface area contributed by atoms with Gasteiger partial charge < -0.3 is 10.2 Å². The predicted octanol–water partition coefficient (Wildman–Crippen LogP) is 3.98. The van der Waals surface area contributed by atoms with Crippen LogP contribution in [0.5, 0.6) is 0 Å². The number of nitrogens with one attached hydrogen (secondary N) is 1. The second-order valence-corrected chi connectivity index (χ2v) is 12.0. The van der Waals surface area contributed by atoms with Gasteiger partial charge in [0.2, 0.25) is 21.8 Å². The fraction of sp³-hybridized carbons (Fsp3) is 0.481. The lowest BCUT2D eigenvalue weighted by Gasteiger charge is -2.30. The Morgan fingerprint density at radius 2 is 1.66 bits per heavy atom. The lowest BCUT2D eigenvalue weighted by atomic mass is 9.97. The second kappa shape index (κ2) is 9.39. The fourth-order valence-corrected chi connectivity index (χ4v) is 6.73. The van der Waals surface area contributed by atoms with E-state index < -0.39 is 10.0 Å². The van der Waals surface area contributed by atoms with Crippen molar-refractivity contribution < 1.29 is 18.0 Å². The molecular weight excluding hydrogens is 462 g/mol. The number of aryl methyl sites for hydroxylation is 1. The molecule has 7 nitrogen and oxygen atoms in total. The molecule has 8 heteroatoms. The third-order valence-electron chi connectivity index (χ3n) is 7.52. The summed E-state index contributed by atoms with van der Waals surface area (Å²) in [5, 5.41) is 2.97. The van der Waals surface area contributed by atoms with Crippen LogP contribution >= 0.6 is 0 Å². The largest absolute Gasteiger partial charge is 0.326 e. The normalized spacial score (nSPS) is 21.1. The first kappa shape index (κ1) is 24.0. The number of amides is 2. The summed E-state index contributed by atoms with van der Waals surface area (Å²) in [7, 11) is -3.66. The zero-order chi connectivity index (χ0) is 24.7. The molecule has 2 aromatic carbocycles. The highest BCUT2D eigenvalue weighted by atomic mass is 32.2. The van der Waals surface area contributed by atoms with Crippen molar-refractivity contribution >= 4 is 33.2 Å². The molecule has 186 valence electrons. The summed E-state index contributed by atoms with van der Waals surface area (Å²) in [4.78, 5) is 27.6. The molecule has 0 unspecified atom stereocenters. The summed E-state index contributed by atoms with van der Waals surface area (Å²) >= 11 is 0. The van der Waals surface area contributed by atoms with Crippen LogP contribution < -0.4 is 10.2 Å². The van der Waals surface area contributed by atoms with Crippen molar-refractivity contribution in [3.8, 4) is 0 Å². The van der Waals surface area contributed by atoms with Crippen LogP contribution in [-0.4, -0.2) is 43.7 Å². The van der Waals surface area contributed by atoms with E-state index in [0.29, 0.717) is 32.4 Å². The number of nitrogens with zero attached hydrogens (tertiary/aromatic N) is 2. The monoisotopic (exact) mass is 495 g/mol. The van der Waals surface area contributed by atoms with Gasteiger partial charge in [-0.05, 0) is 86.9 Å². The number of hydrogen-bond acceptors (Lipinski definition) is 4. The van der Waals surface area contributed by atoms with E-state index >= 15 is 0 Å². The van der Waals surface area contributed by atoms with Gasteiger partial charge in [-0.15, -0.1) is 0 Å². The van der Waals surface area contributed by atoms with Crippen molar-refractivity contribution in [3.05, 3.63) is 53.6 Å². The third kappa shape index (κ3) is 4.74. The molecule has 2 heterocycles. The molecule has 1 N–H and O–H groups in total. The molecule has 2 amide bonds. The molecule has 1 atom stereocenters. The summed E-state index contributed by atoms with van der Waals surface area (Å²) in [6.07, 6.45) is 4.49. The molecule has 2 fully saturated rings. The Hall–Kier alpha value is -2.71. The van der Waals surface area contributed by atoms with E-state index in [0.717, 1.165) is 36.2 Å². The highest BCUT2D eigenvalue weighted by Crippen LogP contribution is 2.40. The van der Waals surface area contributed by atoms with Crippen LogP contribution in [0.4, 0.5) is 11.4 Å². The number of sulfonamides is 1. The van der Waals surface area contributed by atoms with Gasteiger partial charge in [-0.1, -0.05) is 19.1 Å². The number of benzene rings is 2. The molecule has 0 aromatic heterocycles. The first-order chi connectivity index (χ1) is 16.8. The van der Waals surface area contributed by atoms with E-state index in [1.807, 2.05) is 36.1 Å². The van der Waals surface area contributed by atoms with Crippen LogP contribution in [0, 0.1) is 11.8 Å². The van der Waals surface area contributed by atoms with Gasteiger partial charge >= 0.3 is 0 Å². The molecular formula is C27H33N3O4S. The Kier molecular flexibility index (Phi) is 6.44. The minimum absolute atomic E-state index is 0.0449. The van der Waals surface area contributed by atoms with Gasteiger partial charge in [0, 0.05) is 42.3 Å². The Morgan fingerprint density at radius 3 is 2.29 bits per heavy atom. The molecule has 2 aliphatic heterocycles. The quantitative estimate of drug-likeness (QED) is 0.657. The van der Waals surface area contributed by atoms with Gasteiger partial charge in [0.15, 0.2) is 0 Å². The third-order valence-corrected chi connectivity index (χ3v) is 9.42. The molecule has 2 aromatic rings. The average molecular weight is 496 g/mol. The van der Waals surface area contributed by atoms with Crippen LogP contribution in [0.1, 0.15) is 50.7 Å². The maximum Gasteiger partial charge on any atom is 0.243 e. The Morgan fingerprint density at radius 1 is 0.971 bits per heavy atom. The topological polar surface area (TPSA) is 86.8 Å². The summed E-state index contributed by atoms with van der Waals surface area (Å²) in [6, 6.07) is 13.0. The van der Waals surface area contributed by atoms with Crippen LogP contribution in [-0.2, 0) is 32.5 Å². The lowest BCUT2D eigenvalue weighted by Crippen LogP contribution is -2.41. The van der Waals surface area contributed by atoms with E-state index in [4.69, 9.17) is 0 Å². The Labute approximate surface area is 207 Å². The number of rotatable bonds is 6. The zero-order valence-electron chi connectivity index (χ0n) is 20.4. The minimum Gasteiger partial charge on any atom is -0.326 e. The molecule has 35 heavy (non-hydrogen) atoms. The summed E-state index contributed by atoms with van der Waals surface area (Å²) in [6.45, 7) is 4.73. The number of carbonyl (C=O) groups excluding carboxylic acids is 2. The summed E-state index contributed by atoms with van der Waals surface area (Å²) < 4.78 is 28.2. The van der Waals surface area contributed by atoms with Crippen molar-refractivity contribution in [1.29, 1.82) is 0 Å². The van der Waals surface area contributed by atoms with E-state index in [2.05, 4.69) is 12.2 Å². The standard InChI is InChI=1S/C27H33N3O4S/c1-3-19-4-8-23(9-5-19)28-26(31)20-12-14-29(15-13-20)35(33,34)24-10-11-25-22(17-24)16-18(2)30(25)27(32)21-6-7-21/h4-5,8-11,17-18,20-21H,3,6-7,12-16H2,1-2H3,(H,28,31)/t18-/m1/s1. The highest BCUT2D eigenvalue weighted by Gasteiger charge is 2.40. The van der Waals surface area contributed by atoms with Crippen molar-refractivity contribution in [3.63, 3.8) is 0 Å². The fourth-order valence-electron chi connectivity index (χ4n) is 5.21.